The zero-order valence-electron chi connectivity index (χ0n) is 16.8. The molecule has 0 aromatic carbocycles. The van der Waals surface area contributed by atoms with Gasteiger partial charge in [-0.05, 0) is 35.2 Å². The topological polar surface area (TPSA) is 87.9 Å². The van der Waals surface area contributed by atoms with E-state index in [2.05, 4.69) is 26.8 Å². The zero-order valence-corrected chi connectivity index (χ0v) is 17.7. The van der Waals surface area contributed by atoms with E-state index in [4.69, 9.17) is 14.6 Å². The Balaban J connectivity index is 0.000000339. The second-order valence-corrected chi connectivity index (χ2v) is 8.31. The van der Waals surface area contributed by atoms with E-state index in [-0.39, 0.29) is 18.1 Å². The number of morpholine rings is 1. The third-order valence-electron chi connectivity index (χ3n) is 5.25. The Labute approximate surface area is 180 Å². The number of aliphatic carboxylic acids is 1. The van der Waals surface area contributed by atoms with Gasteiger partial charge >= 0.3 is 12.1 Å². The summed E-state index contributed by atoms with van der Waals surface area (Å²) < 4.78 is 39.5. The fourth-order valence-electron chi connectivity index (χ4n) is 3.56. The Kier molecular flexibility index (Phi) is 7.02. The molecule has 8 nitrogen and oxygen atoms in total. The summed E-state index contributed by atoms with van der Waals surface area (Å²) in [5.74, 6) is -2.73. The highest BCUT2D eigenvalue weighted by Gasteiger charge is 2.43. The van der Waals surface area contributed by atoms with Gasteiger partial charge in [0.1, 0.15) is 6.61 Å². The van der Waals surface area contributed by atoms with Crippen molar-refractivity contribution in [2.45, 2.75) is 31.2 Å². The lowest BCUT2D eigenvalue weighted by Crippen LogP contribution is -2.58. The molecule has 0 atom stereocenters. The minimum atomic E-state index is -5.08. The smallest absolute Gasteiger partial charge is 0.475 e. The summed E-state index contributed by atoms with van der Waals surface area (Å²) in [5.41, 5.74) is 2.04. The number of piperidine rings is 1. The summed E-state index contributed by atoms with van der Waals surface area (Å²) in [6.07, 6.45) is 0.480. The van der Waals surface area contributed by atoms with Crippen LogP contribution >= 0.6 is 11.3 Å². The first-order valence-corrected chi connectivity index (χ1v) is 10.5. The molecular formula is C19H23F3N4O4S. The Bertz CT molecular complexity index is 892. The van der Waals surface area contributed by atoms with Gasteiger partial charge in [-0.2, -0.15) is 29.6 Å². The molecule has 2 fully saturated rings. The number of ether oxygens (including phenoxy) is 1. The Morgan fingerprint density at radius 1 is 1.35 bits per heavy atom. The molecule has 2 aromatic rings. The van der Waals surface area contributed by atoms with Gasteiger partial charge < -0.3 is 14.7 Å². The molecule has 31 heavy (non-hydrogen) atoms. The first-order valence-electron chi connectivity index (χ1n) is 9.54. The number of halogens is 3. The lowest BCUT2D eigenvalue weighted by molar-refractivity contribution is -0.192. The quantitative estimate of drug-likeness (QED) is 0.758. The number of hydrogen-bond donors (Lipinski definition) is 1. The van der Waals surface area contributed by atoms with E-state index in [1.807, 2.05) is 18.1 Å². The molecule has 12 heteroatoms. The van der Waals surface area contributed by atoms with Gasteiger partial charge in [-0.25, -0.2) is 4.79 Å². The number of carbonyl (C=O) groups is 2. The molecule has 4 rings (SSSR count). The van der Waals surface area contributed by atoms with Crippen LogP contribution in [0.1, 0.15) is 18.4 Å². The van der Waals surface area contributed by atoms with Crippen LogP contribution in [-0.4, -0.2) is 69.7 Å². The number of nitrogens with zero attached hydrogens (tertiary/aromatic N) is 4. The highest BCUT2D eigenvalue weighted by atomic mass is 32.1. The summed E-state index contributed by atoms with van der Waals surface area (Å²) in [5, 5.41) is 15.7. The van der Waals surface area contributed by atoms with Crippen molar-refractivity contribution < 1.29 is 32.6 Å². The summed E-state index contributed by atoms with van der Waals surface area (Å²) in [6.45, 7) is 3.81. The number of aryl methyl sites for hydroxylation is 1. The van der Waals surface area contributed by atoms with Crippen LogP contribution < -0.4 is 4.90 Å². The molecule has 4 heterocycles. The molecular weight excluding hydrogens is 437 g/mol. The Morgan fingerprint density at radius 3 is 2.55 bits per heavy atom. The average molecular weight is 460 g/mol. The first kappa shape index (κ1) is 23.2. The number of anilines is 1. The van der Waals surface area contributed by atoms with Crippen LogP contribution in [0.2, 0.25) is 0 Å². The largest absolute Gasteiger partial charge is 0.490 e. The van der Waals surface area contributed by atoms with Crippen molar-refractivity contribution in [3.63, 3.8) is 0 Å². The highest BCUT2D eigenvalue weighted by molar-refractivity contribution is 7.07. The number of alkyl halides is 3. The van der Waals surface area contributed by atoms with Gasteiger partial charge in [-0.3, -0.25) is 14.4 Å². The van der Waals surface area contributed by atoms with Gasteiger partial charge in [0.05, 0.1) is 24.0 Å². The van der Waals surface area contributed by atoms with Crippen molar-refractivity contribution in [3.05, 3.63) is 34.8 Å². The molecule has 170 valence electrons. The van der Waals surface area contributed by atoms with Crippen molar-refractivity contribution in [3.8, 4) is 0 Å². The third-order valence-corrected chi connectivity index (χ3v) is 5.98. The minimum Gasteiger partial charge on any atom is -0.475 e. The maximum absolute atomic E-state index is 12.3. The third kappa shape index (κ3) is 6.05. The standard InChI is InChI=1S/C17H22N4O2S.C2HF3O2/c1-19-10-15(8-18-19)21-13-17(23-11-16(21)22)3-5-20(6-4-17)9-14-2-7-24-12-14;3-2(4,5)1(6)7/h2,7-8,10,12H,3-6,9,11,13H2,1H3;(H,6,7). The van der Waals surface area contributed by atoms with Crippen molar-refractivity contribution >= 4 is 28.9 Å². The number of thiophene rings is 1. The molecule has 1 N–H and O–H groups in total. The molecule has 0 radical (unpaired) electrons. The minimum absolute atomic E-state index is 0.0225. The van der Waals surface area contributed by atoms with Gasteiger partial charge in [-0.1, -0.05) is 0 Å². The van der Waals surface area contributed by atoms with Crippen LogP contribution in [0.25, 0.3) is 0 Å². The molecule has 2 saturated heterocycles. The van der Waals surface area contributed by atoms with E-state index < -0.39 is 12.1 Å². The van der Waals surface area contributed by atoms with Crippen LogP contribution in [-0.2, 0) is 27.9 Å². The molecule has 2 aliphatic rings. The van der Waals surface area contributed by atoms with Crippen LogP contribution in [0.4, 0.5) is 18.9 Å². The van der Waals surface area contributed by atoms with Crippen molar-refractivity contribution in [2.75, 3.05) is 31.1 Å². The maximum Gasteiger partial charge on any atom is 0.490 e. The van der Waals surface area contributed by atoms with E-state index in [0.29, 0.717) is 6.54 Å². The fourth-order valence-corrected chi connectivity index (χ4v) is 4.22. The second kappa shape index (κ2) is 9.37. The number of likely N-dealkylation sites (tertiary alicyclic amines) is 1. The molecule has 0 aliphatic carbocycles. The number of carbonyl (C=O) groups excluding carboxylic acids is 1. The average Bonchev–Trinajstić information content (AvgIpc) is 3.37. The van der Waals surface area contributed by atoms with E-state index in [0.717, 1.165) is 38.2 Å². The summed E-state index contributed by atoms with van der Waals surface area (Å²) in [4.78, 5) is 25.5. The number of carboxylic acid groups (broad SMARTS) is 1. The number of hydrogen-bond acceptors (Lipinski definition) is 6. The molecule has 1 amide bonds. The Hall–Kier alpha value is -2.44. The molecule has 2 aliphatic heterocycles. The second-order valence-electron chi connectivity index (χ2n) is 7.53. The van der Waals surface area contributed by atoms with Gasteiger partial charge in [0, 0.05) is 32.9 Å². The fraction of sp³-hybridized carbons (Fsp3) is 0.526. The molecule has 0 bridgehead atoms. The SMILES string of the molecule is Cn1cc(N2CC3(CCN(Cc4ccsc4)CC3)OCC2=O)cn1.O=C(O)C(F)(F)F. The van der Waals surface area contributed by atoms with Gasteiger partial charge in [-0.15, -0.1) is 0 Å². The predicted octanol–water partition coefficient (Wildman–Crippen LogP) is 2.51. The lowest BCUT2D eigenvalue weighted by atomic mass is 9.89. The number of rotatable bonds is 3. The zero-order chi connectivity index (χ0) is 22.6. The van der Waals surface area contributed by atoms with Gasteiger partial charge in [0.2, 0.25) is 0 Å². The maximum atomic E-state index is 12.3. The summed E-state index contributed by atoms with van der Waals surface area (Å²) in [6, 6.07) is 2.19. The monoisotopic (exact) mass is 460 g/mol. The van der Waals surface area contributed by atoms with E-state index in [1.54, 1.807) is 22.2 Å². The van der Waals surface area contributed by atoms with Gasteiger partial charge in [0.15, 0.2) is 0 Å². The van der Waals surface area contributed by atoms with Crippen molar-refractivity contribution in [2.24, 2.45) is 7.05 Å². The number of carboxylic acids is 1. The van der Waals surface area contributed by atoms with E-state index in [1.165, 1.54) is 5.56 Å². The van der Waals surface area contributed by atoms with Crippen LogP contribution in [0.3, 0.4) is 0 Å². The summed E-state index contributed by atoms with van der Waals surface area (Å²) >= 11 is 1.75. The van der Waals surface area contributed by atoms with Gasteiger partial charge in [0.25, 0.3) is 5.91 Å². The predicted molar refractivity (Wildman–Crippen MR) is 107 cm³/mol. The normalized spacial score (nSPS) is 19.2. The molecule has 2 aromatic heterocycles. The van der Waals surface area contributed by atoms with Crippen LogP contribution in [0.5, 0.6) is 0 Å². The lowest BCUT2D eigenvalue weighted by Gasteiger charge is -2.46. The first-order chi connectivity index (χ1) is 14.6. The molecule has 0 unspecified atom stereocenters. The van der Waals surface area contributed by atoms with E-state index >= 15 is 0 Å². The van der Waals surface area contributed by atoms with Crippen LogP contribution in [0, 0.1) is 0 Å². The van der Waals surface area contributed by atoms with Crippen molar-refractivity contribution in [1.82, 2.24) is 14.7 Å². The summed E-state index contributed by atoms with van der Waals surface area (Å²) in [7, 11) is 1.87. The molecule has 1 spiro atoms. The molecule has 0 saturated carbocycles. The van der Waals surface area contributed by atoms with Crippen LogP contribution in [0.15, 0.2) is 29.2 Å². The van der Waals surface area contributed by atoms with Crippen molar-refractivity contribution in [1.29, 1.82) is 0 Å². The number of aromatic nitrogens is 2. The van der Waals surface area contributed by atoms with E-state index in [9.17, 15) is 18.0 Å². The highest BCUT2D eigenvalue weighted by Crippen LogP contribution is 2.33. The Morgan fingerprint density at radius 2 is 2.03 bits per heavy atom. The number of amides is 1.